The van der Waals surface area contributed by atoms with Crippen LogP contribution in [0.2, 0.25) is 0 Å². The molecule has 0 radical (unpaired) electrons. The molecule has 0 spiro atoms. The fourth-order valence-electron chi connectivity index (χ4n) is 3.68. The number of rotatable bonds is 14. The number of aromatic hydroxyl groups is 1. The summed E-state index contributed by atoms with van der Waals surface area (Å²) in [5.41, 5.74) is 4.86. The number of carbonyl (C=O) groups is 5. The van der Waals surface area contributed by atoms with E-state index in [9.17, 15) is 29.1 Å². The number of carbonyl (C=O) groups excluding carboxylic acids is 5. The second kappa shape index (κ2) is 15.6. The number of amides is 4. The van der Waals surface area contributed by atoms with E-state index in [0.717, 1.165) is 0 Å². The van der Waals surface area contributed by atoms with Crippen molar-refractivity contribution in [1.82, 2.24) is 15.5 Å². The molecule has 0 aliphatic carbocycles. The Hall–Kier alpha value is -3.83. The van der Waals surface area contributed by atoms with Gasteiger partial charge in [0.05, 0.1) is 13.0 Å². The first-order valence-electron chi connectivity index (χ1n) is 13.0. The lowest BCUT2D eigenvalue weighted by Crippen LogP contribution is -2.55. The standard InChI is InChI=1S/C27H42N4O8/c1-7-17(3)31(25(36)20(13-14-21(28)33)30-26(37)39-27(4,5)6)23(18-9-11-19(32)12-10-18)24(35)29-16-15-22(34)38-8-2/h9-12,17,20,23,32H,7-8,13-16H2,1-6H3,(H2,28,33)(H,29,35)(H,30,37). The van der Waals surface area contributed by atoms with Gasteiger partial charge in [-0.05, 0) is 65.2 Å². The van der Waals surface area contributed by atoms with Crippen molar-refractivity contribution in [3.63, 3.8) is 0 Å². The first kappa shape index (κ1) is 33.2. The van der Waals surface area contributed by atoms with Crippen LogP contribution < -0.4 is 16.4 Å². The molecule has 39 heavy (non-hydrogen) atoms. The minimum atomic E-state index is -1.23. The van der Waals surface area contributed by atoms with Gasteiger partial charge in [-0.25, -0.2) is 4.79 Å². The summed E-state index contributed by atoms with van der Waals surface area (Å²) in [6.07, 6.45) is -0.801. The van der Waals surface area contributed by atoms with Crippen molar-refractivity contribution in [2.24, 2.45) is 5.73 Å². The van der Waals surface area contributed by atoms with Crippen molar-refractivity contribution in [3.05, 3.63) is 29.8 Å². The van der Waals surface area contributed by atoms with Gasteiger partial charge in [0.25, 0.3) is 0 Å². The Labute approximate surface area is 229 Å². The van der Waals surface area contributed by atoms with Crippen LogP contribution in [-0.4, -0.2) is 70.6 Å². The highest BCUT2D eigenvalue weighted by molar-refractivity contribution is 5.92. The first-order valence-corrected chi connectivity index (χ1v) is 13.0. The molecule has 1 aromatic carbocycles. The molecule has 3 unspecified atom stereocenters. The smallest absolute Gasteiger partial charge is 0.408 e. The molecule has 1 rings (SSSR count). The lowest BCUT2D eigenvalue weighted by atomic mass is 9.98. The molecule has 0 heterocycles. The Bertz CT molecular complexity index is 990. The Morgan fingerprint density at radius 3 is 2.18 bits per heavy atom. The van der Waals surface area contributed by atoms with E-state index in [1.54, 1.807) is 34.6 Å². The summed E-state index contributed by atoms with van der Waals surface area (Å²) in [5.74, 6) is -2.39. The van der Waals surface area contributed by atoms with Gasteiger partial charge in [0.2, 0.25) is 17.7 Å². The minimum Gasteiger partial charge on any atom is -0.508 e. The number of esters is 1. The number of alkyl carbamates (subject to hydrolysis) is 1. The molecular weight excluding hydrogens is 508 g/mol. The number of benzene rings is 1. The largest absolute Gasteiger partial charge is 0.508 e. The number of ether oxygens (including phenoxy) is 2. The van der Waals surface area contributed by atoms with Crippen molar-refractivity contribution >= 4 is 29.8 Å². The van der Waals surface area contributed by atoms with Crippen molar-refractivity contribution in [1.29, 1.82) is 0 Å². The van der Waals surface area contributed by atoms with Crippen molar-refractivity contribution in [2.75, 3.05) is 13.2 Å². The van der Waals surface area contributed by atoms with E-state index in [2.05, 4.69) is 10.6 Å². The van der Waals surface area contributed by atoms with Gasteiger partial charge >= 0.3 is 12.1 Å². The lowest BCUT2D eigenvalue weighted by Gasteiger charge is -2.38. The van der Waals surface area contributed by atoms with Gasteiger partial charge in [0, 0.05) is 19.0 Å². The SMILES string of the molecule is CCOC(=O)CCNC(=O)C(c1ccc(O)cc1)N(C(=O)C(CCC(N)=O)NC(=O)OC(C)(C)C)C(C)CC. The van der Waals surface area contributed by atoms with Gasteiger partial charge in [-0.2, -0.15) is 0 Å². The van der Waals surface area contributed by atoms with Gasteiger partial charge in [0.1, 0.15) is 23.4 Å². The number of nitrogens with zero attached hydrogens (tertiary/aromatic N) is 1. The summed E-state index contributed by atoms with van der Waals surface area (Å²) in [4.78, 5) is 64.7. The Kier molecular flexibility index (Phi) is 13.2. The Morgan fingerprint density at radius 2 is 1.67 bits per heavy atom. The van der Waals surface area contributed by atoms with Crippen LogP contribution in [0.4, 0.5) is 4.79 Å². The minimum absolute atomic E-state index is 0.0317. The molecule has 3 atom stereocenters. The topological polar surface area (TPSA) is 177 Å². The van der Waals surface area contributed by atoms with Crippen LogP contribution in [0.15, 0.2) is 24.3 Å². The fourth-order valence-corrected chi connectivity index (χ4v) is 3.68. The van der Waals surface area contributed by atoms with Gasteiger partial charge < -0.3 is 35.8 Å². The average Bonchev–Trinajstić information content (AvgIpc) is 2.83. The van der Waals surface area contributed by atoms with Crippen molar-refractivity contribution < 1.29 is 38.6 Å². The zero-order chi connectivity index (χ0) is 29.8. The monoisotopic (exact) mass is 550 g/mol. The quantitative estimate of drug-likeness (QED) is 0.255. The van der Waals surface area contributed by atoms with Crippen LogP contribution in [0.1, 0.15) is 78.8 Å². The van der Waals surface area contributed by atoms with Crippen molar-refractivity contribution in [3.8, 4) is 5.75 Å². The summed E-state index contributed by atoms with van der Waals surface area (Å²) >= 11 is 0. The van der Waals surface area contributed by atoms with E-state index >= 15 is 0 Å². The maximum absolute atomic E-state index is 14.0. The molecule has 0 aromatic heterocycles. The second-order valence-corrected chi connectivity index (χ2v) is 10.0. The van der Waals surface area contributed by atoms with Crippen molar-refractivity contribution in [2.45, 2.75) is 91.0 Å². The van der Waals surface area contributed by atoms with Crippen LogP contribution in [-0.2, 0) is 28.7 Å². The highest BCUT2D eigenvalue weighted by Crippen LogP contribution is 2.28. The Morgan fingerprint density at radius 1 is 1.05 bits per heavy atom. The zero-order valence-electron chi connectivity index (χ0n) is 23.6. The van der Waals surface area contributed by atoms with E-state index in [-0.39, 0.29) is 38.2 Å². The third-order valence-electron chi connectivity index (χ3n) is 5.66. The normalized spacial score (nSPS) is 13.4. The molecule has 12 heteroatoms. The van der Waals surface area contributed by atoms with E-state index < -0.39 is 53.5 Å². The molecule has 5 N–H and O–H groups in total. The number of hydrogen-bond donors (Lipinski definition) is 4. The van der Waals surface area contributed by atoms with Gasteiger partial charge in [0.15, 0.2) is 0 Å². The Balaban J connectivity index is 3.45. The van der Waals surface area contributed by atoms with Crippen LogP contribution in [0.5, 0.6) is 5.75 Å². The predicted molar refractivity (Wildman–Crippen MR) is 143 cm³/mol. The molecular formula is C27H42N4O8. The summed E-state index contributed by atoms with van der Waals surface area (Å²) in [7, 11) is 0. The number of phenolic OH excluding ortho intramolecular Hbond substituents is 1. The number of hydrogen-bond acceptors (Lipinski definition) is 8. The molecule has 0 aliphatic rings. The zero-order valence-corrected chi connectivity index (χ0v) is 23.6. The molecule has 12 nitrogen and oxygen atoms in total. The molecule has 1 aromatic rings. The molecule has 0 saturated carbocycles. The van der Waals surface area contributed by atoms with Crippen LogP contribution in [0, 0.1) is 0 Å². The third kappa shape index (κ3) is 11.6. The predicted octanol–water partition coefficient (Wildman–Crippen LogP) is 2.29. The van der Waals surface area contributed by atoms with Gasteiger partial charge in [-0.3, -0.25) is 19.2 Å². The summed E-state index contributed by atoms with van der Waals surface area (Å²) in [6.45, 7) is 10.4. The fraction of sp³-hybridized carbons (Fsp3) is 0.593. The summed E-state index contributed by atoms with van der Waals surface area (Å²) < 4.78 is 10.2. The lowest BCUT2D eigenvalue weighted by molar-refractivity contribution is -0.146. The third-order valence-corrected chi connectivity index (χ3v) is 5.66. The molecule has 0 aliphatic heterocycles. The number of phenols is 1. The second-order valence-electron chi connectivity index (χ2n) is 10.0. The highest BCUT2D eigenvalue weighted by atomic mass is 16.6. The average molecular weight is 551 g/mol. The van der Waals surface area contributed by atoms with Gasteiger partial charge in [-0.1, -0.05) is 19.1 Å². The summed E-state index contributed by atoms with van der Waals surface area (Å²) in [5, 5.41) is 15.0. The van der Waals surface area contributed by atoms with E-state index in [4.69, 9.17) is 15.2 Å². The van der Waals surface area contributed by atoms with Crippen LogP contribution in [0.25, 0.3) is 0 Å². The van der Waals surface area contributed by atoms with Crippen LogP contribution >= 0.6 is 0 Å². The molecule has 0 saturated heterocycles. The van der Waals surface area contributed by atoms with E-state index in [1.807, 2.05) is 6.92 Å². The molecule has 218 valence electrons. The maximum atomic E-state index is 14.0. The number of nitrogens with two attached hydrogens (primary N) is 1. The van der Waals surface area contributed by atoms with E-state index in [1.165, 1.54) is 29.2 Å². The maximum Gasteiger partial charge on any atom is 0.408 e. The molecule has 0 fully saturated rings. The number of nitrogens with one attached hydrogen (secondary N) is 2. The van der Waals surface area contributed by atoms with E-state index in [0.29, 0.717) is 12.0 Å². The molecule has 0 bridgehead atoms. The van der Waals surface area contributed by atoms with Crippen LogP contribution in [0.3, 0.4) is 0 Å². The number of primary amides is 1. The highest BCUT2D eigenvalue weighted by Gasteiger charge is 2.38. The molecule has 4 amide bonds. The first-order chi connectivity index (χ1) is 18.2. The van der Waals surface area contributed by atoms with Gasteiger partial charge in [-0.15, -0.1) is 0 Å². The summed E-state index contributed by atoms with van der Waals surface area (Å²) in [6, 6.07) is 2.87.